The first-order valence-corrected chi connectivity index (χ1v) is 13.9. The van der Waals surface area contributed by atoms with Crippen LogP contribution in [0.15, 0.2) is 0 Å². The Balaban J connectivity index is 3.74. The van der Waals surface area contributed by atoms with Gasteiger partial charge in [0, 0.05) is 0 Å². The minimum atomic E-state index is -1.13. The fourth-order valence-corrected chi connectivity index (χ4v) is 11.3. The topological polar surface area (TPSA) is 3.24 Å². The average Bonchev–Trinajstić information content (AvgIpc) is 2.26. The molecule has 2 heteroatoms. The van der Waals surface area contributed by atoms with Crippen molar-refractivity contribution < 1.29 is 0 Å². The van der Waals surface area contributed by atoms with Gasteiger partial charge >= 0.3 is 112 Å². The van der Waals surface area contributed by atoms with Gasteiger partial charge in [0.1, 0.15) is 0 Å². The van der Waals surface area contributed by atoms with Gasteiger partial charge in [-0.3, -0.25) is 0 Å². The molecule has 0 amide bonds. The molecule has 0 bridgehead atoms. The van der Waals surface area contributed by atoms with Crippen LogP contribution < -0.4 is 0 Å². The average molecular weight is 329 g/mol. The molecule has 0 N–H and O–H groups in total. The summed E-state index contributed by atoms with van der Waals surface area (Å²) in [5.41, 5.74) is 0. The summed E-state index contributed by atoms with van der Waals surface area (Å²) < 4.78 is 4.33. The van der Waals surface area contributed by atoms with Gasteiger partial charge in [-0.25, -0.2) is 0 Å². The second kappa shape index (κ2) is 11.0. The molecule has 0 saturated heterocycles. The Kier molecular flexibility index (Phi) is 11.5. The fourth-order valence-electron chi connectivity index (χ4n) is 2.50. The van der Waals surface area contributed by atoms with Crippen LogP contribution in [0.2, 0.25) is 12.0 Å². The normalized spacial score (nSPS) is 11.4. The van der Waals surface area contributed by atoms with Crippen molar-refractivity contribution in [2.24, 2.45) is 0 Å². The Morgan fingerprint density at radius 1 is 0.938 bits per heavy atom. The van der Waals surface area contributed by atoms with Crippen LogP contribution in [0.1, 0.15) is 53.9 Å². The second-order valence-electron chi connectivity index (χ2n) is 5.37. The number of hydrogen-bond acceptors (Lipinski definition) is 1. The van der Waals surface area contributed by atoms with E-state index in [1.807, 2.05) is 0 Å². The van der Waals surface area contributed by atoms with Crippen molar-refractivity contribution in [3.8, 4) is 0 Å². The van der Waals surface area contributed by atoms with Crippen molar-refractivity contribution in [1.82, 2.24) is 4.90 Å². The van der Waals surface area contributed by atoms with E-state index >= 15 is 0 Å². The van der Waals surface area contributed by atoms with Gasteiger partial charge < -0.3 is 0 Å². The van der Waals surface area contributed by atoms with E-state index in [0.29, 0.717) is 0 Å². The molecule has 1 nitrogen and oxygen atoms in total. The number of hydrogen-bond donors (Lipinski definition) is 0. The molecular weight excluding hydrogens is 297 g/mol. The molecule has 16 heavy (non-hydrogen) atoms. The predicted octanol–water partition coefficient (Wildman–Crippen LogP) is 4.42. The van der Waals surface area contributed by atoms with E-state index in [2.05, 4.69) is 39.5 Å². The van der Waals surface area contributed by atoms with Gasteiger partial charge in [0.25, 0.3) is 0 Å². The third-order valence-corrected chi connectivity index (χ3v) is 16.1. The summed E-state index contributed by atoms with van der Waals surface area (Å²) in [6.07, 6.45) is 4.22. The van der Waals surface area contributed by atoms with Crippen LogP contribution in [-0.2, 0) is 0 Å². The van der Waals surface area contributed by atoms with Crippen LogP contribution in [0.5, 0.6) is 0 Å². The standard InChI is InChI=1S/C8H18N.2C3H7.In/c1-4-7-9(6-3)8-5-2;2*1-3-2;/h1,4-8H2,2-3H3;3H,1-2H3;1,3H2,2H3;. The fraction of sp³-hybridized carbons (Fsp3) is 1.00. The van der Waals surface area contributed by atoms with Crippen LogP contribution in [0, 0.1) is 0 Å². The Bertz CT molecular complexity index is 148. The van der Waals surface area contributed by atoms with E-state index < -0.39 is 21.4 Å². The van der Waals surface area contributed by atoms with Crippen LogP contribution in [0.25, 0.3) is 0 Å². The molecule has 0 saturated carbocycles. The summed E-state index contributed by atoms with van der Waals surface area (Å²) in [6, 6.07) is 0. The predicted molar refractivity (Wildman–Crippen MR) is 77.8 cm³/mol. The summed E-state index contributed by atoms with van der Waals surface area (Å²) in [5, 5.41) is 0. The molecule has 0 fully saturated rings. The first-order valence-electron chi connectivity index (χ1n) is 7.37. The van der Waals surface area contributed by atoms with Crippen molar-refractivity contribution in [2.75, 3.05) is 19.6 Å². The first-order chi connectivity index (χ1) is 7.65. The molecule has 0 aliphatic rings. The van der Waals surface area contributed by atoms with Crippen molar-refractivity contribution in [3.05, 3.63) is 0 Å². The molecule has 0 aliphatic carbocycles. The molecule has 0 atom stereocenters. The van der Waals surface area contributed by atoms with Gasteiger partial charge in [-0.1, -0.05) is 0 Å². The van der Waals surface area contributed by atoms with E-state index in [1.165, 1.54) is 38.9 Å². The van der Waals surface area contributed by atoms with E-state index in [4.69, 9.17) is 0 Å². The molecule has 0 radical (unpaired) electrons. The third kappa shape index (κ3) is 8.00. The molecular formula is C14H32InN. The SMILES string of the molecule is CCCN(CC)CC[CH2][In]([CH2]CC)[CH](C)C. The molecule has 0 heterocycles. The molecule has 0 aliphatic heterocycles. The van der Waals surface area contributed by atoms with Crippen LogP contribution in [-0.4, -0.2) is 46.0 Å². The maximum absolute atomic E-state index is 2.62. The summed E-state index contributed by atoms with van der Waals surface area (Å²) in [7, 11) is 0. The van der Waals surface area contributed by atoms with E-state index in [9.17, 15) is 0 Å². The van der Waals surface area contributed by atoms with Gasteiger partial charge in [0.2, 0.25) is 0 Å². The van der Waals surface area contributed by atoms with Gasteiger partial charge in [0.15, 0.2) is 0 Å². The molecule has 0 aromatic carbocycles. The zero-order valence-electron chi connectivity index (χ0n) is 12.3. The van der Waals surface area contributed by atoms with Crippen LogP contribution in [0.3, 0.4) is 0 Å². The molecule has 0 unspecified atom stereocenters. The summed E-state index contributed by atoms with van der Waals surface area (Å²) >= 11 is -1.13. The van der Waals surface area contributed by atoms with Crippen molar-refractivity contribution in [3.63, 3.8) is 0 Å². The van der Waals surface area contributed by atoms with Crippen LogP contribution in [0.4, 0.5) is 0 Å². The Hall–Kier alpha value is 0.830. The van der Waals surface area contributed by atoms with Crippen molar-refractivity contribution in [1.29, 1.82) is 0 Å². The molecule has 0 rings (SSSR count). The summed E-state index contributed by atoms with van der Waals surface area (Å²) in [4.78, 5) is 2.62. The van der Waals surface area contributed by atoms with E-state index in [-0.39, 0.29) is 0 Å². The summed E-state index contributed by atoms with van der Waals surface area (Å²) in [6.45, 7) is 15.8. The quantitative estimate of drug-likeness (QED) is 0.573. The molecule has 0 aromatic rings. The minimum absolute atomic E-state index is 1.07. The zero-order chi connectivity index (χ0) is 12.4. The Morgan fingerprint density at radius 3 is 2.06 bits per heavy atom. The summed E-state index contributed by atoms with van der Waals surface area (Å²) in [5.74, 6) is 0. The zero-order valence-corrected chi connectivity index (χ0v) is 15.6. The molecule has 96 valence electrons. The number of nitrogens with zero attached hydrogens (tertiary/aromatic N) is 1. The first kappa shape index (κ1) is 16.8. The number of rotatable bonds is 10. The monoisotopic (exact) mass is 329 g/mol. The van der Waals surface area contributed by atoms with Crippen LogP contribution >= 0.6 is 0 Å². The van der Waals surface area contributed by atoms with Gasteiger partial charge in [0.05, 0.1) is 0 Å². The van der Waals surface area contributed by atoms with Crippen molar-refractivity contribution >= 4 is 21.4 Å². The molecule has 0 spiro atoms. The van der Waals surface area contributed by atoms with Gasteiger partial charge in [-0.2, -0.15) is 0 Å². The maximum atomic E-state index is 2.62. The van der Waals surface area contributed by atoms with E-state index in [0.717, 1.165) is 3.67 Å². The third-order valence-electron chi connectivity index (χ3n) is 3.64. The Labute approximate surface area is 112 Å². The second-order valence-corrected chi connectivity index (χ2v) is 16.8. The van der Waals surface area contributed by atoms with Gasteiger partial charge in [-0.15, -0.1) is 0 Å². The van der Waals surface area contributed by atoms with Gasteiger partial charge in [-0.05, 0) is 0 Å². The molecule has 0 aromatic heterocycles. The van der Waals surface area contributed by atoms with E-state index in [1.54, 1.807) is 8.35 Å². The van der Waals surface area contributed by atoms with Crippen molar-refractivity contribution in [2.45, 2.75) is 65.9 Å². The Morgan fingerprint density at radius 2 is 1.62 bits per heavy atom.